The molecule has 3 heterocycles. The molecule has 0 bridgehead atoms. The predicted molar refractivity (Wildman–Crippen MR) is 122 cm³/mol. The number of halogens is 1. The van der Waals surface area contributed by atoms with Crippen molar-refractivity contribution in [2.75, 3.05) is 43.1 Å². The van der Waals surface area contributed by atoms with E-state index in [-0.39, 0.29) is 25.0 Å². The molecule has 2 fully saturated rings. The van der Waals surface area contributed by atoms with Gasteiger partial charge in [0, 0.05) is 20.0 Å². The van der Waals surface area contributed by atoms with Crippen LogP contribution < -0.4 is 15.1 Å². The second-order valence-electron chi connectivity index (χ2n) is 8.35. The summed E-state index contributed by atoms with van der Waals surface area (Å²) in [5.41, 5.74) is 2.23. The van der Waals surface area contributed by atoms with Gasteiger partial charge in [-0.25, -0.2) is 13.9 Å². The van der Waals surface area contributed by atoms with Crippen molar-refractivity contribution in [3.05, 3.63) is 35.9 Å². The molecule has 2 aliphatic heterocycles. The van der Waals surface area contributed by atoms with Crippen LogP contribution in [0.25, 0.3) is 0 Å². The number of hydrogen-bond donors (Lipinski definition) is 1. The third kappa shape index (κ3) is 5.10. The van der Waals surface area contributed by atoms with Gasteiger partial charge in [0.1, 0.15) is 30.4 Å². The summed E-state index contributed by atoms with van der Waals surface area (Å²) in [6.45, 7) is 4.99. The lowest BCUT2D eigenvalue weighted by atomic mass is 10.0. The largest absolute Gasteiger partial charge is 0.442 e. The Balaban J connectivity index is 1.37. The molecule has 0 saturated carbocycles. The lowest BCUT2D eigenvalue weighted by Crippen LogP contribution is -2.35. The van der Waals surface area contributed by atoms with Gasteiger partial charge in [-0.05, 0) is 38.0 Å². The van der Waals surface area contributed by atoms with Crippen molar-refractivity contribution >= 4 is 29.1 Å². The Morgan fingerprint density at radius 3 is 2.76 bits per heavy atom. The minimum absolute atomic E-state index is 0.162. The first kappa shape index (κ1) is 23.5. The van der Waals surface area contributed by atoms with Crippen LogP contribution in [-0.4, -0.2) is 72.1 Å². The van der Waals surface area contributed by atoms with E-state index in [0.717, 1.165) is 12.8 Å². The number of piperidine rings is 1. The SMILES string of the molecule is CON=C(C)c1cn(C2CCN(c3ccc(N4CC(CNC(C)=O)OC4=O)cc3F)CC2)nn1. The van der Waals surface area contributed by atoms with E-state index < -0.39 is 18.0 Å². The number of nitrogens with zero attached hydrogens (tertiary/aromatic N) is 6. The van der Waals surface area contributed by atoms with E-state index in [1.807, 2.05) is 15.8 Å². The number of anilines is 2. The number of oxime groups is 1. The number of amides is 2. The van der Waals surface area contributed by atoms with Crippen molar-refractivity contribution in [2.45, 2.75) is 38.8 Å². The Kier molecular flexibility index (Phi) is 6.94. The average molecular weight is 474 g/mol. The van der Waals surface area contributed by atoms with E-state index >= 15 is 4.39 Å². The molecule has 1 aromatic carbocycles. The molecular formula is C22H28FN7O4. The Morgan fingerprint density at radius 2 is 2.09 bits per heavy atom. The summed E-state index contributed by atoms with van der Waals surface area (Å²) in [5.74, 6) is -0.600. The van der Waals surface area contributed by atoms with Gasteiger partial charge < -0.3 is 19.8 Å². The highest BCUT2D eigenvalue weighted by molar-refractivity contribution is 5.96. The highest BCUT2D eigenvalue weighted by atomic mass is 19.1. The smallest absolute Gasteiger partial charge is 0.414 e. The Morgan fingerprint density at radius 1 is 1.32 bits per heavy atom. The second kappa shape index (κ2) is 10.1. The van der Waals surface area contributed by atoms with Crippen LogP contribution in [0.1, 0.15) is 38.4 Å². The zero-order valence-corrected chi connectivity index (χ0v) is 19.4. The number of hydrogen-bond acceptors (Lipinski definition) is 8. The van der Waals surface area contributed by atoms with Crippen LogP contribution in [0.2, 0.25) is 0 Å². The lowest BCUT2D eigenvalue weighted by Gasteiger charge is -2.33. The third-order valence-electron chi connectivity index (χ3n) is 5.98. The normalized spacial score (nSPS) is 19.4. The van der Waals surface area contributed by atoms with Gasteiger partial charge in [-0.1, -0.05) is 10.4 Å². The summed E-state index contributed by atoms with van der Waals surface area (Å²) in [5, 5.41) is 14.9. The molecule has 0 aliphatic carbocycles. The molecule has 1 atom stereocenters. The first-order chi connectivity index (χ1) is 16.4. The quantitative estimate of drug-likeness (QED) is 0.484. The van der Waals surface area contributed by atoms with Crippen LogP contribution in [0.5, 0.6) is 0 Å². The van der Waals surface area contributed by atoms with Crippen LogP contribution in [0.15, 0.2) is 29.6 Å². The van der Waals surface area contributed by atoms with E-state index in [0.29, 0.717) is 35.9 Å². The van der Waals surface area contributed by atoms with Crippen LogP contribution >= 0.6 is 0 Å². The van der Waals surface area contributed by atoms with Crippen molar-refractivity contribution in [2.24, 2.45) is 5.16 Å². The molecule has 11 nitrogen and oxygen atoms in total. The summed E-state index contributed by atoms with van der Waals surface area (Å²) < 4.78 is 22.1. The highest BCUT2D eigenvalue weighted by Crippen LogP contribution is 2.31. The summed E-state index contributed by atoms with van der Waals surface area (Å²) in [4.78, 5) is 31.4. The molecule has 4 rings (SSSR count). The van der Waals surface area contributed by atoms with Crippen LogP contribution in [0.3, 0.4) is 0 Å². The maximum Gasteiger partial charge on any atom is 0.414 e. The van der Waals surface area contributed by atoms with Gasteiger partial charge in [-0.2, -0.15) is 0 Å². The summed E-state index contributed by atoms with van der Waals surface area (Å²) in [7, 11) is 1.48. The number of ether oxygens (including phenoxy) is 1. The Bertz CT molecular complexity index is 1080. The van der Waals surface area contributed by atoms with Crippen molar-refractivity contribution in [3.63, 3.8) is 0 Å². The van der Waals surface area contributed by atoms with Gasteiger partial charge in [-0.15, -0.1) is 5.10 Å². The molecule has 2 aliphatic rings. The summed E-state index contributed by atoms with van der Waals surface area (Å²) in [6, 6.07) is 4.92. The molecule has 1 N–H and O–H groups in total. The molecule has 2 saturated heterocycles. The molecule has 0 spiro atoms. The van der Waals surface area contributed by atoms with E-state index in [9.17, 15) is 9.59 Å². The number of aromatic nitrogens is 3. The Hall–Kier alpha value is -3.70. The molecule has 1 aromatic heterocycles. The van der Waals surface area contributed by atoms with Gasteiger partial charge >= 0.3 is 6.09 Å². The van der Waals surface area contributed by atoms with Gasteiger partial charge in [-0.3, -0.25) is 9.69 Å². The first-order valence-corrected chi connectivity index (χ1v) is 11.1. The molecule has 2 aromatic rings. The number of carbonyl (C=O) groups excluding carboxylic acids is 2. The van der Waals surface area contributed by atoms with Crippen molar-refractivity contribution < 1.29 is 23.6 Å². The van der Waals surface area contributed by atoms with Gasteiger partial charge in [0.2, 0.25) is 5.91 Å². The fourth-order valence-corrected chi connectivity index (χ4v) is 4.19. The molecular weight excluding hydrogens is 445 g/mol. The van der Waals surface area contributed by atoms with Crippen molar-refractivity contribution in [3.8, 4) is 0 Å². The number of cyclic esters (lactones) is 1. The van der Waals surface area contributed by atoms with Crippen LogP contribution in [0.4, 0.5) is 20.6 Å². The third-order valence-corrected chi connectivity index (χ3v) is 5.98. The summed E-state index contributed by atoms with van der Waals surface area (Å²) in [6.07, 6.45) is 2.39. The maximum atomic E-state index is 15.0. The minimum atomic E-state index is -0.554. The Labute approximate surface area is 196 Å². The van der Waals surface area contributed by atoms with Crippen LogP contribution in [-0.2, 0) is 14.4 Å². The molecule has 2 amide bonds. The fraction of sp³-hybridized carbons (Fsp3) is 0.500. The molecule has 12 heteroatoms. The molecule has 0 radical (unpaired) electrons. The van der Waals surface area contributed by atoms with E-state index in [1.165, 1.54) is 25.0 Å². The number of rotatable bonds is 7. The zero-order chi connectivity index (χ0) is 24.2. The topological polar surface area (TPSA) is 114 Å². The standard InChI is InChI=1S/C22H28FN7O4/c1-14(26-33-3)20-13-30(27-25-20)16-6-8-28(9-7-16)21-5-4-17(10-19(21)23)29-12-18(34-22(29)32)11-24-15(2)31/h4-5,10,13,16,18H,6-9,11-12H2,1-3H3,(H,24,31). The monoisotopic (exact) mass is 473 g/mol. The number of nitrogens with one attached hydrogen (secondary N) is 1. The predicted octanol–water partition coefficient (Wildman–Crippen LogP) is 2.09. The molecule has 34 heavy (non-hydrogen) atoms. The molecule has 1 unspecified atom stereocenters. The van der Waals surface area contributed by atoms with Gasteiger partial charge in [0.15, 0.2) is 0 Å². The summed E-state index contributed by atoms with van der Waals surface area (Å²) >= 11 is 0. The molecule has 182 valence electrons. The van der Waals surface area contributed by atoms with Crippen molar-refractivity contribution in [1.82, 2.24) is 20.3 Å². The van der Waals surface area contributed by atoms with E-state index in [1.54, 1.807) is 19.1 Å². The van der Waals surface area contributed by atoms with Crippen molar-refractivity contribution in [1.29, 1.82) is 0 Å². The second-order valence-corrected chi connectivity index (χ2v) is 8.35. The van der Waals surface area contributed by atoms with Gasteiger partial charge in [0.25, 0.3) is 0 Å². The van der Waals surface area contributed by atoms with Crippen LogP contribution in [0, 0.1) is 5.82 Å². The van der Waals surface area contributed by atoms with E-state index in [4.69, 9.17) is 9.57 Å². The highest BCUT2D eigenvalue weighted by Gasteiger charge is 2.33. The van der Waals surface area contributed by atoms with Gasteiger partial charge in [0.05, 0.1) is 36.7 Å². The minimum Gasteiger partial charge on any atom is -0.442 e. The number of benzene rings is 1. The fourth-order valence-electron chi connectivity index (χ4n) is 4.19. The van der Waals surface area contributed by atoms with E-state index in [2.05, 4.69) is 20.8 Å². The number of carbonyl (C=O) groups is 2. The zero-order valence-electron chi connectivity index (χ0n) is 19.4. The lowest BCUT2D eigenvalue weighted by molar-refractivity contribution is -0.119. The first-order valence-electron chi connectivity index (χ1n) is 11.1. The average Bonchev–Trinajstić information content (AvgIpc) is 3.45. The maximum absolute atomic E-state index is 15.0.